The van der Waals surface area contributed by atoms with Gasteiger partial charge in [0.25, 0.3) is 0 Å². The fourth-order valence-electron chi connectivity index (χ4n) is 1.54. The quantitative estimate of drug-likeness (QED) is 0.780. The van der Waals surface area contributed by atoms with Crippen LogP contribution in [0.25, 0.3) is 0 Å². The maximum atomic E-state index is 11.7. The van der Waals surface area contributed by atoms with Crippen molar-refractivity contribution in [2.45, 2.75) is 26.9 Å². The van der Waals surface area contributed by atoms with Crippen molar-refractivity contribution in [3.05, 3.63) is 24.0 Å². The number of hydrogen-bond acceptors (Lipinski definition) is 2. The Balaban J connectivity index is 2.57. The fraction of sp³-hybridized carbons (Fsp3) is 0.545. The molecule has 0 atom stereocenters. The lowest BCUT2D eigenvalue weighted by atomic mass is 10.3. The molecule has 0 saturated carbocycles. The summed E-state index contributed by atoms with van der Waals surface area (Å²) < 4.78 is 1.88. The van der Waals surface area contributed by atoms with Crippen LogP contribution in [0.3, 0.4) is 0 Å². The minimum Gasteiger partial charge on any atom is -0.345 e. The Labute approximate surface area is 90.7 Å². The van der Waals surface area contributed by atoms with E-state index in [0.29, 0.717) is 13.1 Å². The van der Waals surface area contributed by atoms with Gasteiger partial charge in [-0.1, -0.05) is 0 Å². The zero-order chi connectivity index (χ0) is 11.3. The number of nitrogens with zero attached hydrogens (tertiary/aromatic N) is 2. The summed E-state index contributed by atoms with van der Waals surface area (Å²) in [5.41, 5.74) is 6.56. The van der Waals surface area contributed by atoms with Crippen LogP contribution in [0.5, 0.6) is 0 Å². The summed E-state index contributed by atoms with van der Waals surface area (Å²) in [4.78, 5) is 13.6. The van der Waals surface area contributed by atoms with Crippen LogP contribution in [-0.2, 0) is 17.9 Å². The van der Waals surface area contributed by atoms with Gasteiger partial charge in [-0.25, -0.2) is 0 Å². The average Bonchev–Trinajstić information content (AvgIpc) is 2.67. The van der Waals surface area contributed by atoms with Gasteiger partial charge in [-0.3, -0.25) is 4.79 Å². The molecule has 1 rings (SSSR count). The van der Waals surface area contributed by atoms with E-state index in [2.05, 4.69) is 0 Å². The summed E-state index contributed by atoms with van der Waals surface area (Å²) >= 11 is 0. The molecular weight excluding hydrogens is 190 g/mol. The summed E-state index contributed by atoms with van der Waals surface area (Å²) in [6.07, 6.45) is 3.81. The molecule has 0 aliphatic rings. The highest BCUT2D eigenvalue weighted by atomic mass is 16.2. The number of carbonyl (C=O) groups excluding carboxylic acids is 1. The van der Waals surface area contributed by atoms with Crippen LogP contribution in [0.4, 0.5) is 0 Å². The predicted octanol–water partition coefficient (Wildman–Crippen LogP) is 0.815. The Morgan fingerprint density at radius 1 is 1.47 bits per heavy atom. The molecule has 0 unspecified atom stereocenters. The van der Waals surface area contributed by atoms with Gasteiger partial charge in [-0.2, -0.15) is 0 Å². The first-order valence-electron chi connectivity index (χ1n) is 5.33. The normalized spacial score (nSPS) is 10.3. The van der Waals surface area contributed by atoms with Crippen LogP contribution >= 0.6 is 0 Å². The predicted molar refractivity (Wildman–Crippen MR) is 60.3 cm³/mol. The molecule has 2 N–H and O–H groups in total. The highest BCUT2D eigenvalue weighted by Crippen LogP contribution is 2.01. The van der Waals surface area contributed by atoms with E-state index in [1.54, 1.807) is 0 Å². The third-order valence-electron chi connectivity index (χ3n) is 2.48. The number of rotatable bonds is 5. The topological polar surface area (TPSA) is 51.3 Å². The maximum absolute atomic E-state index is 11.7. The Bertz CT molecular complexity index is 315. The molecule has 1 aromatic heterocycles. The van der Waals surface area contributed by atoms with E-state index in [4.69, 9.17) is 5.73 Å². The molecule has 0 aliphatic carbocycles. The third kappa shape index (κ3) is 3.09. The second kappa shape index (κ2) is 5.56. The Hall–Kier alpha value is -1.29. The zero-order valence-corrected chi connectivity index (χ0v) is 9.44. The molecule has 1 heterocycles. The van der Waals surface area contributed by atoms with Gasteiger partial charge >= 0.3 is 0 Å². The fourth-order valence-corrected chi connectivity index (χ4v) is 1.54. The second-order valence-corrected chi connectivity index (χ2v) is 3.46. The molecule has 0 fully saturated rings. The van der Waals surface area contributed by atoms with Crippen LogP contribution in [0.1, 0.15) is 19.4 Å². The summed E-state index contributed by atoms with van der Waals surface area (Å²) in [6, 6.07) is 1.94. The van der Waals surface area contributed by atoms with E-state index in [1.807, 2.05) is 41.8 Å². The van der Waals surface area contributed by atoms with Crippen molar-refractivity contribution in [3.63, 3.8) is 0 Å². The third-order valence-corrected chi connectivity index (χ3v) is 2.48. The molecule has 0 saturated heterocycles. The van der Waals surface area contributed by atoms with Crippen LogP contribution < -0.4 is 5.73 Å². The summed E-state index contributed by atoms with van der Waals surface area (Å²) in [5, 5.41) is 0. The lowest BCUT2D eigenvalue weighted by Crippen LogP contribution is -2.33. The average molecular weight is 209 g/mol. The molecule has 0 spiro atoms. The van der Waals surface area contributed by atoms with Gasteiger partial charge in [0, 0.05) is 32.0 Å². The van der Waals surface area contributed by atoms with Crippen molar-refractivity contribution < 1.29 is 4.79 Å². The Kier molecular flexibility index (Phi) is 4.37. The van der Waals surface area contributed by atoms with Gasteiger partial charge in [0.1, 0.15) is 6.54 Å². The lowest BCUT2D eigenvalue weighted by molar-refractivity contribution is -0.131. The van der Waals surface area contributed by atoms with Gasteiger partial charge < -0.3 is 15.2 Å². The zero-order valence-electron chi connectivity index (χ0n) is 9.44. The largest absolute Gasteiger partial charge is 0.345 e. The van der Waals surface area contributed by atoms with Gasteiger partial charge in [0.15, 0.2) is 0 Å². The first kappa shape index (κ1) is 11.8. The molecule has 15 heavy (non-hydrogen) atoms. The minimum absolute atomic E-state index is 0.152. The van der Waals surface area contributed by atoms with Crippen molar-refractivity contribution in [2.24, 2.45) is 5.73 Å². The number of hydrogen-bond donors (Lipinski definition) is 1. The van der Waals surface area contributed by atoms with Gasteiger partial charge in [-0.05, 0) is 25.5 Å². The first-order valence-corrected chi connectivity index (χ1v) is 5.33. The van der Waals surface area contributed by atoms with Crippen molar-refractivity contribution in [1.29, 1.82) is 0 Å². The van der Waals surface area contributed by atoms with E-state index >= 15 is 0 Å². The van der Waals surface area contributed by atoms with E-state index in [-0.39, 0.29) is 5.91 Å². The van der Waals surface area contributed by atoms with Crippen molar-refractivity contribution in [1.82, 2.24) is 9.47 Å². The molecule has 4 nitrogen and oxygen atoms in total. The second-order valence-electron chi connectivity index (χ2n) is 3.46. The molecular formula is C11H19N3O. The van der Waals surface area contributed by atoms with Crippen LogP contribution in [0.2, 0.25) is 0 Å². The molecule has 0 aromatic carbocycles. The van der Waals surface area contributed by atoms with E-state index in [1.165, 1.54) is 0 Å². The monoisotopic (exact) mass is 209 g/mol. The molecule has 4 heteroatoms. The standard InChI is InChI=1S/C11H19N3O/c1-3-14(4-2)11(15)9-13-6-5-10(7-12)8-13/h5-6,8H,3-4,7,9,12H2,1-2H3. The first-order chi connectivity index (χ1) is 7.21. The Morgan fingerprint density at radius 2 is 2.13 bits per heavy atom. The van der Waals surface area contributed by atoms with E-state index in [0.717, 1.165) is 18.7 Å². The van der Waals surface area contributed by atoms with Crippen LogP contribution in [0.15, 0.2) is 18.5 Å². The summed E-state index contributed by atoms with van der Waals surface area (Å²) in [6.45, 7) is 6.43. The molecule has 0 bridgehead atoms. The molecule has 0 aliphatic heterocycles. The lowest BCUT2D eigenvalue weighted by Gasteiger charge is -2.18. The summed E-state index contributed by atoms with van der Waals surface area (Å²) in [7, 11) is 0. The van der Waals surface area contributed by atoms with Crippen molar-refractivity contribution >= 4 is 5.91 Å². The number of carbonyl (C=O) groups is 1. The number of aromatic nitrogens is 1. The highest BCUT2D eigenvalue weighted by Gasteiger charge is 2.09. The highest BCUT2D eigenvalue weighted by molar-refractivity contribution is 5.75. The smallest absolute Gasteiger partial charge is 0.242 e. The maximum Gasteiger partial charge on any atom is 0.242 e. The van der Waals surface area contributed by atoms with E-state index in [9.17, 15) is 4.79 Å². The van der Waals surface area contributed by atoms with Crippen molar-refractivity contribution in [2.75, 3.05) is 13.1 Å². The molecule has 84 valence electrons. The minimum atomic E-state index is 0.152. The number of amides is 1. The van der Waals surface area contributed by atoms with Gasteiger partial charge in [0.05, 0.1) is 0 Å². The van der Waals surface area contributed by atoms with Crippen molar-refractivity contribution in [3.8, 4) is 0 Å². The Morgan fingerprint density at radius 3 is 2.60 bits per heavy atom. The van der Waals surface area contributed by atoms with E-state index < -0.39 is 0 Å². The van der Waals surface area contributed by atoms with Gasteiger partial charge in [0.2, 0.25) is 5.91 Å². The summed E-state index contributed by atoms with van der Waals surface area (Å²) in [5.74, 6) is 0.152. The van der Waals surface area contributed by atoms with Crippen LogP contribution in [-0.4, -0.2) is 28.5 Å². The van der Waals surface area contributed by atoms with Crippen LogP contribution in [0, 0.1) is 0 Å². The number of nitrogens with two attached hydrogens (primary N) is 1. The SMILES string of the molecule is CCN(CC)C(=O)Cn1ccc(CN)c1. The molecule has 1 amide bonds. The molecule has 1 aromatic rings. The number of likely N-dealkylation sites (N-methyl/N-ethyl adjacent to an activating group) is 1. The van der Waals surface area contributed by atoms with Gasteiger partial charge in [-0.15, -0.1) is 0 Å². The molecule has 0 radical (unpaired) electrons.